The third kappa shape index (κ3) is 1.89. The highest BCUT2D eigenvalue weighted by atomic mass is 16.2. The van der Waals surface area contributed by atoms with E-state index in [4.69, 9.17) is 5.84 Å². The number of nitrogens with zero attached hydrogens (tertiary/aromatic N) is 2. The van der Waals surface area contributed by atoms with Crippen LogP contribution in [0.4, 0.5) is 0 Å². The lowest BCUT2D eigenvalue weighted by Crippen LogP contribution is -2.36. The van der Waals surface area contributed by atoms with E-state index in [1.165, 1.54) is 17.0 Å². The maximum atomic E-state index is 11.0. The third-order valence-corrected chi connectivity index (χ3v) is 1.28. The molecule has 64 valence electrons. The standard InChI is InChI=1S/C6H8N4O2/c7-9-5(11)4-10-2-1-8-3-6(10)12/h1-3H,4,7H2,(H,9,11). The molecule has 12 heavy (non-hydrogen) atoms. The second kappa shape index (κ2) is 3.63. The molecule has 0 saturated carbocycles. The molecule has 0 saturated heterocycles. The number of amides is 1. The first-order chi connectivity index (χ1) is 5.74. The minimum absolute atomic E-state index is 0.0855. The molecule has 0 unspecified atom stereocenters. The SMILES string of the molecule is NNC(=O)Cn1ccncc1=O. The zero-order valence-corrected chi connectivity index (χ0v) is 6.23. The van der Waals surface area contributed by atoms with Crippen LogP contribution in [0, 0.1) is 0 Å². The molecule has 3 N–H and O–H groups in total. The quantitative estimate of drug-likeness (QED) is 0.311. The summed E-state index contributed by atoms with van der Waals surface area (Å²) in [6.45, 7) is -0.0855. The van der Waals surface area contributed by atoms with E-state index in [9.17, 15) is 9.59 Å². The molecule has 1 rings (SSSR count). The fourth-order valence-electron chi connectivity index (χ4n) is 0.704. The van der Waals surface area contributed by atoms with Crippen LogP contribution in [-0.4, -0.2) is 15.5 Å². The number of carbonyl (C=O) groups excluding carboxylic acids is 1. The van der Waals surface area contributed by atoms with Gasteiger partial charge in [-0.3, -0.25) is 20.0 Å². The normalized spacial score (nSPS) is 9.42. The van der Waals surface area contributed by atoms with Crippen LogP contribution in [-0.2, 0) is 11.3 Å². The Hall–Kier alpha value is -1.69. The molecule has 6 heteroatoms. The van der Waals surface area contributed by atoms with Crippen LogP contribution < -0.4 is 16.8 Å². The number of rotatable bonds is 2. The van der Waals surface area contributed by atoms with Crippen molar-refractivity contribution in [2.24, 2.45) is 5.84 Å². The lowest BCUT2D eigenvalue weighted by Gasteiger charge is -2.01. The summed E-state index contributed by atoms with van der Waals surface area (Å²) in [5.41, 5.74) is 1.59. The molecule has 0 bridgehead atoms. The maximum absolute atomic E-state index is 11.0. The molecule has 0 radical (unpaired) electrons. The topological polar surface area (TPSA) is 90.0 Å². The molecule has 1 heterocycles. The van der Waals surface area contributed by atoms with Gasteiger partial charge in [-0.2, -0.15) is 0 Å². The van der Waals surface area contributed by atoms with Crippen molar-refractivity contribution < 1.29 is 4.79 Å². The predicted molar refractivity (Wildman–Crippen MR) is 40.8 cm³/mol. The molecule has 1 aromatic rings. The Morgan fingerprint density at radius 3 is 3.08 bits per heavy atom. The molecule has 0 aliphatic rings. The van der Waals surface area contributed by atoms with Gasteiger partial charge in [0.05, 0.1) is 6.20 Å². The lowest BCUT2D eigenvalue weighted by molar-refractivity contribution is -0.121. The van der Waals surface area contributed by atoms with Gasteiger partial charge < -0.3 is 4.57 Å². The van der Waals surface area contributed by atoms with E-state index in [0.717, 1.165) is 6.20 Å². The largest absolute Gasteiger partial charge is 0.303 e. The number of hydrazine groups is 1. The Morgan fingerprint density at radius 1 is 1.75 bits per heavy atom. The van der Waals surface area contributed by atoms with Gasteiger partial charge in [-0.25, -0.2) is 5.84 Å². The number of hydrogen-bond donors (Lipinski definition) is 2. The summed E-state index contributed by atoms with van der Waals surface area (Å²) >= 11 is 0. The second-order valence-corrected chi connectivity index (χ2v) is 2.11. The smallest absolute Gasteiger partial charge is 0.269 e. The van der Waals surface area contributed by atoms with Gasteiger partial charge in [0.1, 0.15) is 6.54 Å². The highest BCUT2D eigenvalue weighted by Crippen LogP contribution is 1.77. The van der Waals surface area contributed by atoms with Crippen molar-refractivity contribution in [3.8, 4) is 0 Å². The van der Waals surface area contributed by atoms with E-state index in [1.54, 1.807) is 0 Å². The van der Waals surface area contributed by atoms with Gasteiger partial charge in [0.15, 0.2) is 0 Å². The van der Waals surface area contributed by atoms with E-state index in [0.29, 0.717) is 0 Å². The zero-order chi connectivity index (χ0) is 8.97. The van der Waals surface area contributed by atoms with Gasteiger partial charge in [0, 0.05) is 12.4 Å². The van der Waals surface area contributed by atoms with Crippen molar-refractivity contribution in [2.75, 3.05) is 0 Å². The fraction of sp³-hybridized carbons (Fsp3) is 0.167. The number of hydrogen-bond acceptors (Lipinski definition) is 4. The monoisotopic (exact) mass is 168 g/mol. The maximum Gasteiger partial charge on any atom is 0.269 e. The van der Waals surface area contributed by atoms with E-state index in [1.807, 2.05) is 5.43 Å². The molecule has 1 aromatic heterocycles. The Bertz CT molecular complexity index is 332. The van der Waals surface area contributed by atoms with Crippen LogP contribution in [0.25, 0.3) is 0 Å². The van der Waals surface area contributed by atoms with Crippen molar-refractivity contribution in [2.45, 2.75) is 6.54 Å². The van der Waals surface area contributed by atoms with Crippen LogP contribution in [0.1, 0.15) is 0 Å². The van der Waals surface area contributed by atoms with Gasteiger partial charge in [-0.1, -0.05) is 0 Å². The number of aromatic nitrogens is 2. The molecule has 1 amide bonds. The van der Waals surface area contributed by atoms with Crippen molar-refractivity contribution >= 4 is 5.91 Å². The molecule has 0 aromatic carbocycles. The lowest BCUT2D eigenvalue weighted by atomic mass is 10.5. The molecule has 0 aliphatic heterocycles. The molecule has 0 fully saturated rings. The van der Waals surface area contributed by atoms with Gasteiger partial charge in [-0.05, 0) is 0 Å². The molecule has 0 spiro atoms. The Morgan fingerprint density at radius 2 is 2.50 bits per heavy atom. The molecular weight excluding hydrogens is 160 g/mol. The Balaban J connectivity index is 2.83. The third-order valence-electron chi connectivity index (χ3n) is 1.28. The number of nitrogens with one attached hydrogen (secondary N) is 1. The predicted octanol–water partition coefficient (Wildman–Crippen LogP) is -1.77. The molecule has 0 atom stereocenters. The fourth-order valence-corrected chi connectivity index (χ4v) is 0.704. The van der Waals surface area contributed by atoms with Crippen LogP contribution in [0.15, 0.2) is 23.4 Å². The minimum atomic E-state index is -0.427. The molecule has 0 aliphatic carbocycles. The first kappa shape index (κ1) is 8.41. The average molecular weight is 168 g/mol. The summed E-state index contributed by atoms with van der Waals surface area (Å²) in [6.07, 6.45) is 3.96. The zero-order valence-electron chi connectivity index (χ0n) is 6.23. The van der Waals surface area contributed by atoms with Crippen molar-refractivity contribution in [3.63, 3.8) is 0 Å². The van der Waals surface area contributed by atoms with Crippen molar-refractivity contribution in [1.29, 1.82) is 0 Å². The summed E-state index contributed by atoms with van der Waals surface area (Å²) < 4.78 is 1.20. The minimum Gasteiger partial charge on any atom is -0.303 e. The average Bonchev–Trinajstić information content (AvgIpc) is 2.09. The van der Waals surface area contributed by atoms with Crippen molar-refractivity contribution in [3.05, 3.63) is 28.9 Å². The first-order valence-electron chi connectivity index (χ1n) is 3.24. The van der Waals surface area contributed by atoms with Gasteiger partial charge in [0.25, 0.3) is 11.5 Å². The van der Waals surface area contributed by atoms with Gasteiger partial charge in [-0.15, -0.1) is 0 Å². The highest BCUT2D eigenvalue weighted by molar-refractivity contribution is 5.74. The number of carbonyl (C=O) groups is 1. The summed E-state index contributed by atoms with van der Waals surface area (Å²) in [5, 5.41) is 0. The molecule has 6 nitrogen and oxygen atoms in total. The Kier molecular flexibility index (Phi) is 2.54. The van der Waals surface area contributed by atoms with E-state index in [2.05, 4.69) is 4.98 Å². The Labute approximate surface area is 68.0 Å². The molecular formula is C6H8N4O2. The summed E-state index contributed by atoms with van der Waals surface area (Å²) in [6, 6.07) is 0. The van der Waals surface area contributed by atoms with Crippen LogP contribution >= 0.6 is 0 Å². The van der Waals surface area contributed by atoms with Gasteiger partial charge >= 0.3 is 0 Å². The van der Waals surface area contributed by atoms with Crippen LogP contribution in [0.5, 0.6) is 0 Å². The summed E-state index contributed by atoms with van der Waals surface area (Å²) in [5.74, 6) is 4.41. The summed E-state index contributed by atoms with van der Waals surface area (Å²) in [7, 11) is 0. The van der Waals surface area contributed by atoms with Gasteiger partial charge in [0.2, 0.25) is 0 Å². The second-order valence-electron chi connectivity index (χ2n) is 2.11. The van der Waals surface area contributed by atoms with Crippen LogP contribution in [0.3, 0.4) is 0 Å². The number of nitrogens with two attached hydrogens (primary N) is 1. The van der Waals surface area contributed by atoms with E-state index < -0.39 is 5.91 Å². The van der Waals surface area contributed by atoms with Crippen LogP contribution in [0.2, 0.25) is 0 Å². The van der Waals surface area contributed by atoms with E-state index in [-0.39, 0.29) is 12.1 Å². The summed E-state index contributed by atoms with van der Waals surface area (Å²) in [4.78, 5) is 25.2. The van der Waals surface area contributed by atoms with Crippen molar-refractivity contribution in [1.82, 2.24) is 15.0 Å². The highest BCUT2D eigenvalue weighted by Gasteiger charge is 2.00. The first-order valence-corrected chi connectivity index (χ1v) is 3.24. The van der Waals surface area contributed by atoms with E-state index >= 15 is 0 Å².